The lowest BCUT2D eigenvalue weighted by atomic mass is 9.81. The van der Waals surface area contributed by atoms with Crippen molar-refractivity contribution in [2.24, 2.45) is 0 Å². The third-order valence-corrected chi connectivity index (χ3v) is 3.21. The van der Waals surface area contributed by atoms with Crippen LogP contribution in [0, 0.1) is 0 Å². The third kappa shape index (κ3) is 5.81. The van der Waals surface area contributed by atoms with E-state index in [0.717, 1.165) is 5.56 Å². The number of nitrogens with one attached hydrogen (secondary N) is 1. The number of carbonyl (C=O) groups is 2. The lowest BCUT2D eigenvalue weighted by Crippen LogP contribution is -2.27. The molecular formula is C17H25NO5. The number of rotatable bonds is 5. The quantitative estimate of drug-likeness (QED) is 0.861. The molecule has 0 unspecified atom stereocenters. The molecule has 0 aliphatic heterocycles. The van der Waals surface area contributed by atoms with Crippen molar-refractivity contribution < 1.29 is 24.2 Å². The van der Waals surface area contributed by atoms with E-state index in [0.29, 0.717) is 11.4 Å². The van der Waals surface area contributed by atoms with Crippen molar-refractivity contribution in [1.82, 2.24) is 0 Å². The molecule has 1 aromatic carbocycles. The van der Waals surface area contributed by atoms with Crippen molar-refractivity contribution in [3.63, 3.8) is 0 Å². The average Bonchev–Trinajstić information content (AvgIpc) is 2.34. The van der Waals surface area contributed by atoms with Gasteiger partial charge in [-0.2, -0.15) is 0 Å². The smallest absolute Gasteiger partial charge is 0.412 e. The Hall–Kier alpha value is -2.24. The van der Waals surface area contributed by atoms with Gasteiger partial charge < -0.3 is 14.6 Å². The highest BCUT2D eigenvalue weighted by molar-refractivity contribution is 5.87. The first kappa shape index (κ1) is 18.8. The summed E-state index contributed by atoms with van der Waals surface area (Å²) >= 11 is 0. The molecule has 0 fully saturated rings. The molecule has 1 rings (SSSR count). The maximum atomic E-state index is 12.0. The summed E-state index contributed by atoms with van der Waals surface area (Å²) in [5.41, 5.74) is 0.0319. The van der Waals surface area contributed by atoms with Crippen LogP contribution in [0.15, 0.2) is 18.2 Å². The van der Waals surface area contributed by atoms with Crippen LogP contribution in [0.2, 0.25) is 0 Å². The fraction of sp³-hybridized carbons (Fsp3) is 0.529. The van der Waals surface area contributed by atoms with Gasteiger partial charge in [-0.05, 0) is 38.5 Å². The Morgan fingerprint density at radius 2 is 1.78 bits per heavy atom. The second-order valence-corrected chi connectivity index (χ2v) is 7.00. The lowest BCUT2D eigenvalue weighted by molar-refractivity contribution is -0.138. The second-order valence-electron chi connectivity index (χ2n) is 7.00. The Bertz CT molecular complexity index is 587. The molecule has 0 aliphatic rings. The van der Waals surface area contributed by atoms with Gasteiger partial charge in [-0.3, -0.25) is 10.1 Å². The van der Waals surface area contributed by atoms with Crippen LogP contribution in [0.5, 0.6) is 5.75 Å². The van der Waals surface area contributed by atoms with Gasteiger partial charge in [-0.1, -0.05) is 19.9 Å². The van der Waals surface area contributed by atoms with Crippen LogP contribution in [-0.2, 0) is 14.9 Å². The number of carbonyl (C=O) groups excluding carboxylic acids is 1. The summed E-state index contributed by atoms with van der Waals surface area (Å²) in [7, 11) is 1.50. The zero-order chi connectivity index (χ0) is 17.8. The van der Waals surface area contributed by atoms with E-state index in [2.05, 4.69) is 5.32 Å². The predicted molar refractivity (Wildman–Crippen MR) is 88.1 cm³/mol. The predicted octanol–water partition coefficient (Wildman–Crippen LogP) is 3.79. The van der Waals surface area contributed by atoms with Crippen molar-refractivity contribution >= 4 is 17.7 Å². The first-order valence-corrected chi connectivity index (χ1v) is 7.35. The van der Waals surface area contributed by atoms with Gasteiger partial charge in [0, 0.05) is 5.41 Å². The van der Waals surface area contributed by atoms with Crippen molar-refractivity contribution in [2.45, 2.75) is 52.1 Å². The van der Waals surface area contributed by atoms with E-state index in [1.807, 2.05) is 13.8 Å². The van der Waals surface area contributed by atoms with Gasteiger partial charge >= 0.3 is 12.1 Å². The number of hydrogen-bond acceptors (Lipinski definition) is 4. The number of carboxylic acid groups (broad SMARTS) is 1. The molecule has 23 heavy (non-hydrogen) atoms. The number of anilines is 1. The molecule has 0 spiro atoms. The topological polar surface area (TPSA) is 84.9 Å². The SMILES string of the molecule is COc1ccc(C(C)(C)CC(=O)O)cc1NC(=O)OC(C)(C)C. The monoisotopic (exact) mass is 323 g/mol. The lowest BCUT2D eigenvalue weighted by Gasteiger charge is -2.25. The minimum atomic E-state index is -0.882. The summed E-state index contributed by atoms with van der Waals surface area (Å²) in [6.45, 7) is 8.99. The van der Waals surface area contributed by atoms with Gasteiger partial charge in [0.15, 0.2) is 0 Å². The van der Waals surface area contributed by atoms with Crippen LogP contribution in [0.4, 0.5) is 10.5 Å². The Morgan fingerprint density at radius 3 is 2.26 bits per heavy atom. The summed E-state index contributed by atoms with van der Waals surface area (Å²) in [6.07, 6.45) is -0.616. The molecule has 0 atom stereocenters. The van der Waals surface area contributed by atoms with Gasteiger partial charge in [-0.25, -0.2) is 4.79 Å². The third-order valence-electron chi connectivity index (χ3n) is 3.21. The number of ether oxygens (including phenoxy) is 2. The van der Waals surface area contributed by atoms with Crippen LogP contribution >= 0.6 is 0 Å². The number of benzene rings is 1. The molecule has 2 N–H and O–H groups in total. The maximum absolute atomic E-state index is 12.0. The molecule has 0 radical (unpaired) electrons. The van der Waals surface area contributed by atoms with E-state index in [1.165, 1.54) is 7.11 Å². The summed E-state index contributed by atoms with van der Waals surface area (Å²) in [4.78, 5) is 23.0. The summed E-state index contributed by atoms with van der Waals surface area (Å²) < 4.78 is 10.5. The van der Waals surface area contributed by atoms with Gasteiger partial charge in [0.05, 0.1) is 19.2 Å². The molecule has 0 heterocycles. The van der Waals surface area contributed by atoms with Crippen LogP contribution < -0.4 is 10.1 Å². The maximum Gasteiger partial charge on any atom is 0.412 e. The van der Waals surface area contributed by atoms with Gasteiger partial charge in [0.2, 0.25) is 0 Å². The molecule has 1 amide bonds. The van der Waals surface area contributed by atoms with E-state index in [1.54, 1.807) is 39.0 Å². The number of methoxy groups -OCH3 is 1. The minimum absolute atomic E-state index is 0.0226. The summed E-state index contributed by atoms with van der Waals surface area (Å²) in [5, 5.41) is 11.7. The van der Waals surface area contributed by atoms with Crippen LogP contribution in [0.3, 0.4) is 0 Å². The molecule has 6 heteroatoms. The highest BCUT2D eigenvalue weighted by Gasteiger charge is 2.26. The zero-order valence-corrected chi connectivity index (χ0v) is 14.5. The normalized spacial score (nSPS) is 11.7. The fourth-order valence-electron chi connectivity index (χ4n) is 2.12. The zero-order valence-electron chi connectivity index (χ0n) is 14.5. The minimum Gasteiger partial charge on any atom is -0.495 e. The molecule has 6 nitrogen and oxygen atoms in total. The van der Waals surface area contributed by atoms with Crippen molar-refractivity contribution in [3.05, 3.63) is 23.8 Å². The molecule has 0 aromatic heterocycles. The first-order valence-electron chi connectivity index (χ1n) is 7.35. The first-order chi connectivity index (χ1) is 10.4. The van der Waals surface area contributed by atoms with Gasteiger partial charge in [0.1, 0.15) is 11.4 Å². The van der Waals surface area contributed by atoms with Crippen LogP contribution in [0.25, 0.3) is 0 Å². The van der Waals surface area contributed by atoms with Crippen LogP contribution in [-0.4, -0.2) is 29.9 Å². The standard InChI is InChI=1S/C17H25NO5/c1-16(2,3)23-15(21)18-12-9-11(7-8-13(12)22-6)17(4,5)10-14(19)20/h7-9H,10H2,1-6H3,(H,18,21)(H,19,20). The van der Waals surface area contributed by atoms with Gasteiger partial charge in [0.25, 0.3) is 0 Å². The Morgan fingerprint density at radius 1 is 1.17 bits per heavy atom. The van der Waals surface area contributed by atoms with E-state index < -0.39 is 23.1 Å². The molecule has 0 bridgehead atoms. The summed E-state index contributed by atoms with van der Waals surface area (Å²) in [5.74, 6) is -0.404. The number of aliphatic carboxylic acids is 1. The Balaban J connectivity index is 3.08. The van der Waals surface area contributed by atoms with Crippen molar-refractivity contribution in [2.75, 3.05) is 12.4 Å². The molecular weight excluding hydrogens is 298 g/mol. The molecule has 0 saturated carbocycles. The average molecular weight is 323 g/mol. The largest absolute Gasteiger partial charge is 0.495 e. The summed E-state index contributed by atoms with van der Waals surface area (Å²) in [6, 6.07) is 5.21. The highest BCUT2D eigenvalue weighted by atomic mass is 16.6. The molecule has 0 saturated heterocycles. The van der Waals surface area contributed by atoms with Crippen molar-refractivity contribution in [1.29, 1.82) is 0 Å². The van der Waals surface area contributed by atoms with Gasteiger partial charge in [-0.15, -0.1) is 0 Å². The number of hydrogen-bond donors (Lipinski definition) is 2. The molecule has 0 aliphatic carbocycles. The highest BCUT2D eigenvalue weighted by Crippen LogP contribution is 2.33. The number of amides is 1. The Kier molecular flexibility index (Phi) is 5.64. The second kappa shape index (κ2) is 6.89. The van der Waals surface area contributed by atoms with Crippen molar-refractivity contribution in [3.8, 4) is 5.75 Å². The van der Waals surface area contributed by atoms with E-state index in [-0.39, 0.29) is 6.42 Å². The van der Waals surface area contributed by atoms with E-state index in [9.17, 15) is 9.59 Å². The molecule has 128 valence electrons. The Labute approximate surface area is 136 Å². The van der Waals surface area contributed by atoms with E-state index in [4.69, 9.17) is 14.6 Å². The molecule has 1 aromatic rings. The van der Waals surface area contributed by atoms with E-state index >= 15 is 0 Å². The number of carboxylic acids is 1. The fourth-order valence-corrected chi connectivity index (χ4v) is 2.12. The van der Waals surface area contributed by atoms with Crippen LogP contribution in [0.1, 0.15) is 46.6 Å².